The minimum Gasteiger partial charge on any atom is -0.497 e. The second kappa shape index (κ2) is 5.68. The molecule has 0 radical (unpaired) electrons. The van der Waals surface area contributed by atoms with Crippen LogP contribution in [0.1, 0.15) is 16.4 Å². The Morgan fingerprint density at radius 3 is 3.05 bits per heavy atom. The first-order valence-corrected chi connectivity index (χ1v) is 6.42. The van der Waals surface area contributed by atoms with Gasteiger partial charge in [0.2, 0.25) is 5.89 Å². The molecule has 0 saturated heterocycles. The maximum atomic E-state index is 11.9. The Kier molecular flexibility index (Phi) is 3.57. The van der Waals surface area contributed by atoms with Crippen molar-refractivity contribution in [1.82, 2.24) is 20.3 Å². The summed E-state index contributed by atoms with van der Waals surface area (Å²) < 4.78 is 10.6. The summed E-state index contributed by atoms with van der Waals surface area (Å²) in [6.45, 7) is 0.108. The minimum atomic E-state index is -0.434. The fraction of sp³-hybridized carbons (Fsp3) is 0.143. The maximum Gasteiger partial charge on any atom is 0.271 e. The van der Waals surface area contributed by atoms with Crippen molar-refractivity contribution >= 4 is 17.0 Å². The standard InChI is InChI=1S/C14H12N4O4/c1-21-8-2-3-11-9(4-8)18-13(22-11)7-17-14(20)10-5-16-12(19)6-15-10/h2-6H,7H2,1H3,(H,16,19)(H,17,20). The van der Waals surface area contributed by atoms with Crippen molar-refractivity contribution in [1.29, 1.82) is 0 Å². The van der Waals surface area contributed by atoms with Gasteiger partial charge < -0.3 is 19.5 Å². The molecule has 0 fully saturated rings. The monoisotopic (exact) mass is 300 g/mol. The lowest BCUT2D eigenvalue weighted by Gasteiger charge is -2.00. The number of aromatic nitrogens is 3. The highest BCUT2D eigenvalue weighted by atomic mass is 16.5. The first-order valence-electron chi connectivity index (χ1n) is 6.42. The van der Waals surface area contributed by atoms with Crippen LogP contribution in [0.2, 0.25) is 0 Å². The SMILES string of the molecule is COc1ccc2oc(CNC(=O)c3c[nH]c(=O)cn3)nc2c1. The lowest BCUT2D eigenvalue weighted by molar-refractivity contribution is 0.0942. The number of amides is 1. The molecule has 8 nitrogen and oxygen atoms in total. The Balaban J connectivity index is 1.72. The van der Waals surface area contributed by atoms with Crippen LogP contribution < -0.4 is 15.6 Å². The van der Waals surface area contributed by atoms with Crippen molar-refractivity contribution in [2.75, 3.05) is 7.11 Å². The first-order chi connectivity index (χ1) is 10.7. The molecular formula is C14H12N4O4. The van der Waals surface area contributed by atoms with E-state index < -0.39 is 5.91 Å². The molecule has 2 aromatic heterocycles. The largest absolute Gasteiger partial charge is 0.497 e. The normalized spacial score (nSPS) is 10.6. The van der Waals surface area contributed by atoms with Gasteiger partial charge in [0.25, 0.3) is 11.5 Å². The van der Waals surface area contributed by atoms with Gasteiger partial charge in [-0.2, -0.15) is 0 Å². The topological polar surface area (TPSA) is 110 Å². The van der Waals surface area contributed by atoms with E-state index in [1.54, 1.807) is 25.3 Å². The van der Waals surface area contributed by atoms with Crippen LogP contribution in [0.15, 0.2) is 39.8 Å². The summed E-state index contributed by atoms with van der Waals surface area (Å²) >= 11 is 0. The summed E-state index contributed by atoms with van der Waals surface area (Å²) in [5.41, 5.74) is 0.986. The summed E-state index contributed by atoms with van der Waals surface area (Å²) in [4.78, 5) is 33.1. The van der Waals surface area contributed by atoms with Crippen LogP contribution in [0.4, 0.5) is 0 Å². The second-order valence-electron chi connectivity index (χ2n) is 4.42. The molecule has 0 spiro atoms. The first kappa shape index (κ1) is 13.8. The number of hydrogen-bond donors (Lipinski definition) is 2. The van der Waals surface area contributed by atoms with Crippen LogP contribution in [0, 0.1) is 0 Å². The average molecular weight is 300 g/mol. The van der Waals surface area contributed by atoms with Crippen LogP contribution in [0.5, 0.6) is 5.75 Å². The molecule has 0 aliphatic carbocycles. The van der Waals surface area contributed by atoms with Crippen LogP contribution in [0.25, 0.3) is 11.1 Å². The Morgan fingerprint density at radius 1 is 1.45 bits per heavy atom. The van der Waals surface area contributed by atoms with Gasteiger partial charge in [-0.15, -0.1) is 0 Å². The molecule has 0 saturated carbocycles. The number of methoxy groups -OCH3 is 1. The van der Waals surface area contributed by atoms with Crippen molar-refractivity contribution < 1.29 is 13.9 Å². The number of nitrogens with zero attached hydrogens (tertiary/aromatic N) is 2. The highest BCUT2D eigenvalue weighted by molar-refractivity contribution is 5.91. The third kappa shape index (κ3) is 2.80. The molecule has 0 aliphatic heterocycles. The van der Waals surface area contributed by atoms with Crippen LogP contribution in [-0.4, -0.2) is 28.0 Å². The lowest BCUT2D eigenvalue weighted by atomic mass is 10.3. The molecule has 0 unspecified atom stereocenters. The van der Waals surface area contributed by atoms with E-state index in [9.17, 15) is 9.59 Å². The number of carbonyl (C=O) groups is 1. The molecular weight excluding hydrogens is 288 g/mol. The van der Waals surface area contributed by atoms with Crippen molar-refractivity contribution in [2.45, 2.75) is 6.54 Å². The van der Waals surface area contributed by atoms with Gasteiger partial charge in [0.05, 0.1) is 19.9 Å². The zero-order valence-electron chi connectivity index (χ0n) is 11.6. The molecule has 2 N–H and O–H groups in total. The number of nitrogens with one attached hydrogen (secondary N) is 2. The van der Waals surface area contributed by atoms with E-state index in [0.29, 0.717) is 22.7 Å². The number of oxazole rings is 1. The van der Waals surface area contributed by atoms with E-state index in [-0.39, 0.29) is 17.8 Å². The number of rotatable bonds is 4. The molecule has 3 rings (SSSR count). The van der Waals surface area contributed by atoms with Gasteiger partial charge in [0, 0.05) is 12.3 Å². The minimum absolute atomic E-state index is 0.108. The van der Waals surface area contributed by atoms with E-state index >= 15 is 0 Å². The Hall–Kier alpha value is -3.16. The number of ether oxygens (including phenoxy) is 1. The van der Waals surface area contributed by atoms with Crippen molar-refractivity contribution in [3.05, 3.63) is 52.5 Å². The molecule has 3 aromatic rings. The molecule has 8 heteroatoms. The lowest BCUT2D eigenvalue weighted by Crippen LogP contribution is -2.25. The van der Waals surface area contributed by atoms with Crippen molar-refractivity contribution in [3.63, 3.8) is 0 Å². The van der Waals surface area contributed by atoms with E-state index in [2.05, 4.69) is 20.3 Å². The number of fused-ring (bicyclic) bond motifs is 1. The van der Waals surface area contributed by atoms with E-state index in [1.165, 1.54) is 6.20 Å². The van der Waals surface area contributed by atoms with Gasteiger partial charge in [0.1, 0.15) is 17.0 Å². The van der Waals surface area contributed by atoms with Gasteiger partial charge >= 0.3 is 0 Å². The number of aromatic amines is 1. The molecule has 1 amide bonds. The quantitative estimate of drug-likeness (QED) is 0.739. The molecule has 0 aliphatic rings. The summed E-state index contributed by atoms with van der Waals surface area (Å²) in [7, 11) is 1.57. The number of hydrogen-bond acceptors (Lipinski definition) is 6. The molecule has 22 heavy (non-hydrogen) atoms. The number of benzene rings is 1. The third-order valence-corrected chi connectivity index (χ3v) is 2.94. The smallest absolute Gasteiger partial charge is 0.271 e. The second-order valence-corrected chi connectivity index (χ2v) is 4.42. The van der Waals surface area contributed by atoms with Crippen LogP contribution >= 0.6 is 0 Å². The molecule has 0 bridgehead atoms. The molecule has 1 aromatic carbocycles. The highest BCUT2D eigenvalue weighted by Crippen LogP contribution is 2.21. The van der Waals surface area contributed by atoms with Gasteiger partial charge in [-0.25, -0.2) is 9.97 Å². The zero-order valence-corrected chi connectivity index (χ0v) is 11.6. The third-order valence-electron chi connectivity index (χ3n) is 2.94. The summed E-state index contributed by atoms with van der Waals surface area (Å²) in [6.07, 6.45) is 2.29. The predicted octanol–water partition coefficient (Wildman–Crippen LogP) is 0.850. The van der Waals surface area contributed by atoms with Gasteiger partial charge in [0.15, 0.2) is 5.58 Å². The van der Waals surface area contributed by atoms with E-state index in [0.717, 1.165) is 6.20 Å². The maximum absolute atomic E-state index is 11.9. The summed E-state index contributed by atoms with van der Waals surface area (Å²) in [6, 6.07) is 5.25. The summed E-state index contributed by atoms with van der Waals surface area (Å²) in [5.74, 6) is 0.603. The average Bonchev–Trinajstić information content (AvgIpc) is 2.95. The summed E-state index contributed by atoms with van der Waals surface area (Å²) in [5, 5.41) is 2.61. The number of carbonyl (C=O) groups excluding carboxylic acids is 1. The van der Waals surface area contributed by atoms with Crippen molar-refractivity contribution in [3.8, 4) is 5.75 Å². The molecule has 2 heterocycles. The molecule has 0 atom stereocenters. The Morgan fingerprint density at radius 2 is 2.32 bits per heavy atom. The fourth-order valence-corrected chi connectivity index (χ4v) is 1.87. The molecule has 112 valence electrons. The van der Waals surface area contributed by atoms with Crippen LogP contribution in [-0.2, 0) is 6.54 Å². The van der Waals surface area contributed by atoms with Gasteiger partial charge in [-0.3, -0.25) is 9.59 Å². The van der Waals surface area contributed by atoms with Crippen LogP contribution in [0.3, 0.4) is 0 Å². The predicted molar refractivity (Wildman–Crippen MR) is 76.6 cm³/mol. The van der Waals surface area contributed by atoms with E-state index in [1.807, 2.05) is 0 Å². The number of H-pyrrole nitrogens is 1. The fourth-order valence-electron chi connectivity index (χ4n) is 1.87. The Bertz CT molecular complexity index is 863. The zero-order chi connectivity index (χ0) is 15.5. The van der Waals surface area contributed by atoms with E-state index in [4.69, 9.17) is 9.15 Å². The van der Waals surface area contributed by atoms with Crippen molar-refractivity contribution in [2.24, 2.45) is 0 Å². The highest BCUT2D eigenvalue weighted by Gasteiger charge is 2.10. The Labute approximate surface area is 124 Å². The van der Waals surface area contributed by atoms with Gasteiger partial charge in [-0.05, 0) is 12.1 Å². The van der Waals surface area contributed by atoms with Gasteiger partial charge in [-0.1, -0.05) is 0 Å².